The van der Waals surface area contributed by atoms with Crippen LogP contribution >= 0.6 is 11.6 Å². The lowest BCUT2D eigenvalue weighted by Crippen LogP contribution is -2.12. The summed E-state index contributed by atoms with van der Waals surface area (Å²) in [6.07, 6.45) is 0.737. The molecule has 1 aromatic heterocycles. The molecular weight excluding hydrogens is 384 g/mol. The molecule has 0 unspecified atom stereocenters. The molecule has 0 saturated heterocycles. The van der Waals surface area contributed by atoms with Gasteiger partial charge in [0.25, 0.3) is 0 Å². The van der Waals surface area contributed by atoms with Crippen molar-refractivity contribution in [1.82, 2.24) is 9.55 Å². The van der Waals surface area contributed by atoms with Crippen LogP contribution in [0.25, 0.3) is 11.0 Å². The van der Waals surface area contributed by atoms with Crippen LogP contribution in [0.2, 0.25) is 5.02 Å². The van der Waals surface area contributed by atoms with E-state index in [0.717, 1.165) is 39.8 Å². The zero-order chi connectivity index (χ0) is 20.1. The number of fused-ring (bicyclic) bond motifs is 1. The van der Waals surface area contributed by atoms with E-state index in [4.69, 9.17) is 26.1 Å². The number of rotatable bonds is 8. The van der Waals surface area contributed by atoms with Crippen molar-refractivity contribution in [3.05, 3.63) is 89.2 Å². The number of para-hydroxylation sites is 4. The van der Waals surface area contributed by atoms with Crippen LogP contribution in [0.5, 0.6) is 11.5 Å². The van der Waals surface area contributed by atoms with Crippen LogP contribution in [0.15, 0.2) is 72.8 Å². The fraction of sp³-hybridized carbons (Fsp3) is 0.208. The first-order chi connectivity index (χ1) is 14.2. The number of imidazole rings is 1. The number of nitrogens with zero attached hydrogens (tertiary/aromatic N) is 2. The number of hydrogen-bond acceptors (Lipinski definition) is 3. The van der Waals surface area contributed by atoms with Crippen molar-refractivity contribution in [3.8, 4) is 11.5 Å². The van der Waals surface area contributed by atoms with Crippen LogP contribution in [-0.2, 0) is 13.0 Å². The molecule has 5 heteroatoms. The summed E-state index contributed by atoms with van der Waals surface area (Å²) in [5.74, 6) is 2.54. The van der Waals surface area contributed by atoms with Gasteiger partial charge in [0, 0.05) is 11.4 Å². The van der Waals surface area contributed by atoms with Crippen LogP contribution in [-0.4, -0.2) is 22.8 Å². The van der Waals surface area contributed by atoms with Crippen LogP contribution in [0.4, 0.5) is 0 Å². The first-order valence-electron chi connectivity index (χ1n) is 9.78. The number of benzene rings is 3. The van der Waals surface area contributed by atoms with Crippen LogP contribution < -0.4 is 9.47 Å². The molecule has 148 valence electrons. The molecule has 0 aliphatic carbocycles. The number of halogens is 1. The van der Waals surface area contributed by atoms with Gasteiger partial charge in [0.2, 0.25) is 0 Å². The minimum Gasteiger partial charge on any atom is -0.490 e. The highest BCUT2D eigenvalue weighted by Gasteiger charge is 2.12. The van der Waals surface area contributed by atoms with Gasteiger partial charge in [-0.25, -0.2) is 4.98 Å². The number of hydrogen-bond donors (Lipinski definition) is 0. The summed E-state index contributed by atoms with van der Waals surface area (Å²) in [6.45, 7) is 3.80. The Labute approximate surface area is 175 Å². The average Bonchev–Trinajstić information content (AvgIpc) is 3.08. The van der Waals surface area contributed by atoms with E-state index >= 15 is 0 Å². The van der Waals surface area contributed by atoms with Gasteiger partial charge in [0.15, 0.2) is 11.5 Å². The lowest BCUT2D eigenvalue weighted by atomic mass is 10.1. The second-order valence-electron chi connectivity index (χ2n) is 6.70. The second kappa shape index (κ2) is 9.01. The SMILES string of the molecule is CCOc1ccccc1OCCn1c(Cc2ccc(Cl)cc2)nc2ccccc21. The molecule has 4 aromatic rings. The number of aromatic nitrogens is 2. The summed E-state index contributed by atoms with van der Waals surface area (Å²) in [5.41, 5.74) is 3.28. The third-order valence-corrected chi connectivity index (χ3v) is 4.98. The highest BCUT2D eigenvalue weighted by molar-refractivity contribution is 6.30. The molecule has 0 N–H and O–H groups in total. The molecule has 4 rings (SSSR count). The summed E-state index contributed by atoms with van der Waals surface area (Å²) in [7, 11) is 0. The summed E-state index contributed by atoms with van der Waals surface area (Å²) in [4.78, 5) is 4.85. The second-order valence-corrected chi connectivity index (χ2v) is 7.14. The van der Waals surface area contributed by atoms with Crippen molar-refractivity contribution in [2.75, 3.05) is 13.2 Å². The quantitative estimate of drug-likeness (QED) is 0.373. The summed E-state index contributed by atoms with van der Waals surface area (Å²) in [5, 5.41) is 0.739. The zero-order valence-corrected chi connectivity index (χ0v) is 17.1. The summed E-state index contributed by atoms with van der Waals surface area (Å²) >= 11 is 6.02. The Balaban J connectivity index is 1.55. The molecule has 0 radical (unpaired) electrons. The third kappa shape index (κ3) is 4.54. The Kier molecular flexibility index (Phi) is 6.01. The first-order valence-corrected chi connectivity index (χ1v) is 10.2. The third-order valence-electron chi connectivity index (χ3n) is 4.73. The smallest absolute Gasteiger partial charge is 0.161 e. The minimum atomic E-state index is 0.526. The van der Waals surface area contributed by atoms with E-state index in [2.05, 4.69) is 10.6 Å². The largest absolute Gasteiger partial charge is 0.490 e. The molecule has 0 spiro atoms. The van der Waals surface area contributed by atoms with Crippen molar-refractivity contribution < 1.29 is 9.47 Å². The maximum Gasteiger partial charge on any atom is 0.161 e. The van der Waals surface area contributed by atoms with Gasteiger partial charge < -0.3 is 14.0 Å². The van der Waals surface area contributed by atoms with E-state index in [0.29, 0.717) is 19.8 Å². The monoisotopic (exact) mass is 406 g/mol. The molecule has 0 amide bonds. The van der Waals surface area contributed by atoms with Gasteiger partial charge in [-0.2, -0.15) is 0 Å². The van der Waals surface area contributed by atoms with Crippen LogP contribution in [0.3, 0.4) is 0 Å². The predicted molar refractivity (Wildman–Crippen MR) is 117 cm³/mol. The minimum absolute atomic E-state index is 0.526. The molecular formula is C24H23ClN2O2. The van der Waals surface area contributed by atoms with Crippen LogP contribution in [0.1, 0.15) is 18.3 Å². The van der Waals surface area contributed by atoms with Crippen molar-refractivity contribution in [3.63, 3.8) is 0 Å². The van der Waals surface area contributed by atoms with E-state index in [1.807, 2.05) is 73.7 Å². The molecule has 0 saturated carbocycles. The van der Waals surface area contributed by atoms with E-state index in [9.17, 15) is 0 Å². The van der Waals surface area contributed by atoms with E-state index in [1.54, 1.807) is 0 Å². The van der Waals surface area contributed by atoms with Gasteiger partial charge in [-0.05, 0) is 48.9 Å². The number of ether oxygens (including phenoxy) is 2. The highest BCUT2D eigenvalue weighted by Crippen LogP contribution is 2.26. The van der Waals surface area contributed by atoms with Crippen molar-refractivity contribution in [2.24, 2.45) is 0 Å². The van der Waals surface area contributed by atoms with Crippen LogP contribution in [0, 0.1) is 0 Å². The standard InChI is InChI=1S/C24H23ClN2O2/c1-2-28-22-9-5-6-10-23(22)29-16-15-27-21-8-4-3-7-20(21)26-24(27)17-18-11-13-19(25)14-12-18/h3-14H,2,15-17H2,1H3. The molecule has 0 aliphatic rings. The lowest BCUT2D eigenvalue weighted by Gasteiger charge is -2.13. The van der Waals surface area contributed by atoms with E-state index < -0.39 is 0 Å². The van der Waals surface area contributed by atoms with Crippen molar-refractivity contribution in [1.29, 1.82) is 0 Å². The molecule has 1 heterocycles. The summed E-state index contributed by atoms with van der Waals surface area (Å²) in [6, 6.07) is 23.9. The van der Waals surface area contributed by atoms with Gasteiger partial charge >= 0.3 is 0 Å². The van der Waals surface area contributed by atoms with Gasteiger partial charge in [-0.3, -0.25) is 0 Å². The maximum atomic E-state index is 6.04. The summed E-state index contributed by atoms with van der Waals surface area (Å²) < 4.78 is 13.9. The molecule has 0 aliphatic heterocycles. The topological polar surface area (TPSA) is 36.3 Å². The van der Waals surface area contributed by atoms with Gasteiger partial charge in [0.1, 0.15) is 12.4 Å². The molecule has 3 aromatic carbocycles. The average molecular weight is 407 g/mol. The van der Waals surface area contributed by atoms with Gasteiger partial charge in [-0.15, -0.1) is 0 Å². The van der Waals surface area contributed by atoms with Gasteiger partial charge in [-0.1, -0.05) is 48.0 Å². The zero-order valence-electron chi connectivity index (χ0n) is 16.3. The van der Waals surface area contributed by atoms with Crippen molar-refractivity contribution >= 4 is 22.6 Å². The van der Waals surface area contributed by atoms with E-state index in [1.165, 1.54) is 5.56 Å². The van der Waals surface area contributed by atoms with Crippen molar-refractivity contribution in [2.45, 2.75) is 19.9 Å². The fourth-order valence-electron chi connectivity index (χ4n) is 3.39. The fourth-order valence-corrected chi connectivity index (χ4v) is 3.51. The Morgan fingerprint density at radius 2 is 1.55 bits per heavy atom. The molecule has 0 fully saturated rings. The Morgan fingerprint density at radius 3 is 2.31 bits per heavy atom. The Bertz CT molecular complexity index is 1090. The highest BCUT2D eigenvalue weighted by atomic mass is 35.5. The molecule has 0 atom stereocenters. The lowest BCUT2D eigenvalue weighted by molar-refractivity contribution is 0.266. The Hall–Kier alpha value is -2.98. The predicted octanol–water partition coefficient (Wildman–Crippen LogP) is 5.76. The van der Waals surface area contributed by atoms with Gasteiger partial charge in [0.05, 0.1) is 24.2 Å². The molecule has 4 nitrogen and oxygen atoms in total. The maximum absolute atomic E-state index is 6.04. The molecule has 29 heavy (non-hydrogen) atoms. The normalized spacial score (nSPS) is 11.0. The first kappa shape index (κ1) is 19.3. The Morgan fingerprint density at radius 1 is 0.862 bits per heavy atom. The van der Waals surface area contributed by atoms with E-state index in [-0.39, 0.29) is 0 Å². The molecule has 0 bridgehead atoms.